The molecule has 0 radical (unpaired) electrons. The van der Waals surface area contributed by atoms with Crippen molar-refractivity contribution in [2.45, 2.75) is 35.9 Å². The van der Waals surface area contributed by atoms with Crippen molar-refractivity contribution >= 4 is 39.7 Å². The molecule has 6 nitrogen and oxygen atoms in total. The monoisotopic (exact) mass is 379 g/mol. The van der Waals surface area contributed by atoms with Crippen molar-refractivity contribution in [2.24, 2.45) is 0 Å². The van der Waals surface area contributed by atoms with Crippen molar-refractivity contribution in [3.63, 3.8) is 0 Å². The van der Waals surface area contributed by atoms with Gasteiger partial charge in [-0.1, -0.05) is 0 Å². The van der Waals surface area contributed by atoms with Crippen LogP contribution in [0, 0.1) is 0 Å². The summed E-state index contributed by atoms with van der Waals surface area (Å²) in [6.45, 7) is 2.95. The van der Waals surface area contributed by atoms with Gasteiger partial charge in [-0.15, -0.1) is 23.7 Å². The van der Waals surface area contributed by atoms with Crippen molar-refractivity contribution < 1.29 is 13.2 Å². The van der Waals surface area contributed by atoms with Crippen LogP contribution in [0.15, 0.2) is 16.3 Å². The van der Waals surface area contributed by atoms with Crippen molar-refractivity contribution in [3.05, 3.63) is 17.0 Å². The van der Waals surface area contributed by atoms with Gasteiger partial charge in [-0.3, -0.25) is 4.79 Å². The maximum atomic E-state index is 12.4. The topological polar surface area (TPSA) is 78.5 Å². The van der Waals surface area contributed by atoms with Crippen LogP contribution in [0.4, 0.5) is 0 Å². The molecule has 1 aromatic heterocycles. The molecule has 0 saturated carbocycles. The van der Waals surface area contributed by atoms with E-state index in [-0.39, 0.29) is 30.8 Å². The van der Waals surface area contributed by atoms with Crippen LogP contribution in [0.1, 0.15) is 24.1 Å². The first-order valence-corrected chi connectivity index (χ1v) is 9.90. The van der Waals surface area contributed by atoms with Gasteiger partial charge in [0, 0.05) is 30.6 Å². The molecule has 3 rings (SSSR count). The van der Waals surface area contributed by atoms with Crippen molar-refractivity contribution in [2.75, 3.05) is 26.2 Å². The third-order valence-electron chi connectivity index (χ3n) is 4.06. The van der Waals surface area contributed by atoms with Crippen LogP contribution in [-0.4, -0.2) is 50.9 Å². The fourth-order valence-electron chi connectivity index (χ4n) is 2.86. The number of nitrogens with zero attached hydrogens (tertiary/aromatic N) is 1. The highest BCUT2D eigenvalue weighted by Gasteiger charge is 2.28. The first-order chi connectivity index (χ1) is 10.6. The second-order valence-corrected chi connectivity index (χ2v) is 9.10. The first kappa shape index (κ1) is 18.7. The Morgan fingerprint density at radius 2 is 2.09 bits per heavy atom. The smallest absolute Gasteiger partial charge is 0.252 e. The number of nitrogens with one attached hydrogen (secondary N) is 2. The molecule has 1 unspecified atom stereocenters. The minimum absolute atomic E-state index is 0. The molecule has 2 N–H and O–H groups in total. The number of hydrogen-bond acceptors (Lipinski definition) is 5. The van der Waals surface area contributed by atoms with Crippen LogP contribution < -0.4 is 10.6 Å². The standard InChI is InChI=1S/C14H21N3O3S2.ClH/c18-13(16-11-5-6-15-10-11)9-12-3-4-14(21-12)22(19,20)17-7-1-2-8-17;/h3-4,11,15H,1-2,5-10H2,(H,16,18);1H. The Morgan fingerprint density at radius 3 is 2.74 bits per heavy atom. The maximum absolute atomic E-state index is 12.4. The zero-order valence-electron chi connectivity index (χ0n) is 12.8. The van der Waals surface area contributed by atoms with Crippen molar-refractivity contribution in [1.29, 1.82) is 0 Å². The minimum Gasteiger partial charge on any atom is -0.352 e. The molecule has 2 aliphatic heterocycles. The van der Waals surface area contributed by atoms with Gasteiger partial charge in [0.2, 0.25) is 5.91 Å². The number of hydrogen-bond donors (Lipinski definition) is 2. The van der Waals surface area contributed by atoms with Gasteiger partial charge in [0.25, 0.3) is 10.0 Å². The van der Waals surface area contributed by atoms with Gasteiger partial charge in [0.05, 0.1) is 6.42 Å². The first-order valence-electron chi connectivity index (χ1n) is 7.64. The molecular weight excluding hydrogens is 358 g/mol. The summed E-state index contributed by atoms with van der Waals surface area (Å²) in [5.74, 6) is -0.0410. The summed E-state index contributed by atoms with van der Waals surface area (Å²) in [5.41, 5.74) is 0. The van der Waals surface area contributed by atoms with E-state index in [1.54, 1.807) is 12.1 Å². The Bertz CT molecular complexity index is 635. The van der Waals surface area contributed by atoms with E-state index in [2.05, 4.69) is 10.6 Å². The lowest BCUT2D eigenvalue weighted by Gasteiger charge is -2.13. The van der Waals surface area contributed by atoms with Gasteiger partial charge in [-0.05, 0) is 37.9 Å². The normalized spacial score (nSPS) is 22.0. The Morgan fingerprint density at radius 1 is 1.35 bits per heavy atom. The van der Waals surface area contributed by atoms with Crippen LogP contribution in [-0.2, 0) is 21.2 Å². The Labute approximate surface area is 147 Å². The molecule has 1 aromatic rings. The van der Waals surface area contributed by atoms with Crippen LogP contribution in [0.3, 0.4) is 0 Å². The van der Waals surface area contributed by atoms with Gasteiger partial charge >= 0.3 is 0 Å². The summed E-state index contributed by atoms with van der Waals surface area (Å²) in [6, 6.07) is 3.57. The van der Waals surface area contributed by atoms with E-state index in [0.717, 1.165) is 37.2 Å². The number of thiophene rings is 1. The van der Waals surface area contributed by atoms with Crippen LogP contribution in [0.5, 0.6) is 0 Å². The highest BCUT2D eigenvalue weighted by atomic mass is 35.5. The van der Waals surface area contributed by atoms with E-state index in [0.29, 0.717) is 17.3 Å². The van der Waals surface area contributed by atoms with E-state index in [1.807, 2.05) is 0 Å². The molecule has 1 amide bonds. The second-order valence-electron chi connectivity index (χ2n) is 5.77. The molecule has 0 spiro atoms. The number of sulfonamides is 1. The molecular formula is C14H22ClN3O3S2. The highest BCUT2D eigenvalue weighted by Crippen LogP contribution is 2.27. The lowest BCUT2D eigenvalue weighted by molar-refractivity contribution is -0.120. The van der Waals surface area contributed by atoms with Crippen molar-refractivity contribution in [3.8, 4) is 0 Å². The summed E-state index contributed by atoms with van der Waals surface area (Å²) in [5, 5.41) is 6.18. The third kappa shape index (κ3) is 4.45. The number of amides is 1. The zero-order valence-corrected chi connectivity index (χ0v) is 15.2. The molecule has 2 fully saturated rings. The van der Waals surface area contributed by atoms with Gasteiger partial charge in [0.1, 0.15) is 4.21 Å². The highest BCUT2D eigenvalue weighted by molar-refractivity contribution is 7.91. The molecule has 23 heavy (non-hydrogen) atoms. The van der Waals surface area contributed by atoms with E-state index >= 15 is 0 Å². The van der Waals surface area contributed by atoms with E-state index in [4.69, 9.17) is 0 Å². The van der Waals surface area contributed by atoms with E-state index < -0.39 is 10.0 Å². The number of rotatable bonds is 5. The largest absolute Gasteiger partial charge is 0.352 e. The Kier molecular flexibility index (Phi) is 6.44. The Balaban J connectivity index is 0.00000192. The number of carbonyl (C=O) groups is 1. The summed E-state index contributed by atoms with van der Waals surface area (Å²) >= 11 is 1.21. The fraction of sp³-hybridized carbons (Fsp3) is 0.643. The summed E-state index contributed by atoms with van der Waals surface area (Å²) in [6.07, 6.45) is 3.05. The molecule has 3 heterocycles. The predicted molar refractivity (Wildman–Crippen MR) is 92.7 cm³/mol. The molecule has 0 aliphatic carbocycles. The lowest BCUT2D eigenvalue weighted by atomic mass is 10.2. The lowest BCUT2D eigenvalue weighted by Crippen LogP contribution is -2.36. The predicted octanol–water partition coefficient (Wildman–Crippen LogP) is 0.975. The van der Waals surface area contributed by atoms with Crippen LogP contribution in [0.2, 0.25) is 0 Å². The summed E-state index contributed by atoms with van der Waals surface area (Å²) in [7, 11) is -3.37. The fourth-order valence-corrected chi connectivity index (χ4v) is 5.89. The molecule has 0 bridgehead atoms. The molecule has 0 aromatic carbocycles. The number of halogens is 1. The second kappa shape index (κ2) is 7.94. The van der Waals surface area contributed by atoms with Gasteiger partial charge in [-0.2, -0.15) is 4.31 Å². The van der Waals surface area contributed by atoms with Crippen molar-refractivity contribution in [1.82, 2.24) is 14.9 Å². The van der Waals surface area contributed by atoms with E-state index in [1.165, 1.54) is 15.6 Å². The van der Waals surface area contributed by atoms with E-state index in [9.17, 15) is 13.2 Å². The molecule has 130 valence electrons. The van der Waals surface area contributed by atoms with Crippen LogP contribution in [0.25, 0.3) is 0 Å². The third-order valence-corrected chi connectivity index (χ3v) is 7.51. The van der Waals surface area contributed by atoms with Crippen LogP contribution >= 0.6 is 23.7 Å². The SMILES string of the molecule is Cl.O=C(Cc1ccc(S(=O)(=O)N2CCCC2)s1)NC1CCNC1. The van der Waals surface area contributed by atoms with Gasteiger partial charge in [-0.25, -0.2) is 8.42 Å². The number of carbonyl (C=O) groups excluding carboxylic acids is 1. The Hall–Kier alpha value is -0.670. The average Bonchev–Trinajstić information content (AvgIpc) is 3.21. The summed E-state index contributed by atoms with van der Waals surface area (Å²) < 4.78 is 26.8. The van der Waals surface area contributed by atoms with Gasteiger partial charge < -0.3 is 10.6 Å². The molecule has 1 atom stereocenters. The molecule has 9 heteroatoms. The zero-order chi connectivity index (χ0) is 15.6. The molecule has 2 aliphatic rings. The molecule has 2 saturated heterocycles. The van der Waals surface area contributed by atoms with Gasteiger partial charge in [0.15, 0.2) is 0 Å². The maximum Gasteiger partial charge on any atom is 0.252 e. The quantitative estimate of drug-likeness (QED) is 0.799. The summed E-state index contributed by atoms with van der Waals surface area (Å²) in [4.78, 5) is 12.8. The minimum atomic E-state index is -3.37. The average molecular weight is 380 g/mol.